The van der Waals surface area contributed by atoms with Crippen molar-refractivity contribution in [3.05, 3.63) is 48.0 Å². The van der Waals surface area contributed by atoms with Crippen LogP contribution in [0.3, 0.4) is 0 Å². The van der Waals surface area contributed by atoms with Gasteiger partial charge in [-0.15, -0.1) is 11.8 Å². The minimum Gasteiger partial charge on any atom is -0.399 e. The zero-order chi connectivity index (χ0) is 13.2. The van der Waals surface area contributed by atoms with Crippen molar-refractivity contribution in [3.63, 3.8) is 0 Å². The Morgan fingerprint density at radius 1 is 1.32 bits per heavy atom. The first-order valence-corrected chi connectivity index (χ1v) is 7.07. The van der Waals surface area contributed by atoms with Crippen molar-refractivity contribution in [3.8, 4) is 0 Å². The van der Waals surface area contributed by atoms with Crippen LogP contribution in [-0.4, -0.2) is 17.3 Å². The highest BCUT2D eigenvalue weighted by molar-refractivity contribution is 7.99. The second-order valence-corrected chi connectivity index (χ2v) is 5.65. The topological polar surface area (TPSA) is 42.1 Å². The van der Waals surface area contributed by atoms with Gasteiger partial charge < -0.3 is 10.6 Å². The predicted molar refractivity (Wildman–Crippen MR) is 76.8 cm³/mol. The van der Waals surface area contributed by atoms with Crippen LogP contribution in [0.4, 0.5) is 15.8 Å². The molecular weight excluding hydrogens is 261 g/mol. The Kier molecular flexibility index (Phi) is 3.29. The van der Waals surface area contributed by atoms with Gasteiger partial charge in [0.15, 0.2) is 0 Å². The number of nitrogens with two attached hydrogens (primary N) is 1. The van der Waals surface area contributed by atoms with Gasteiger partial charge in [0.2, 0.25) is 0 Å². The van der Waals surface area contributed by atoms with Crippen molar-refractivity contribution in [2.45, 2.75) is 11.4 Å². The fraction of sp³-hybridized carbons (Fsp3) is 0.214. The standard InChI is InChI=1S/C14H14FN3S/c15-11-5-10(7-17-8-11)9-18-3-4-19-14-2-1-12(16)6-13(14)18/h1-2,5-8H,3-4,9,16H2. The number of anilines is 2. The van der Waals surface area contributed by atoms with E-state index >= 15 is 0 Å². The lowest BCUT2D eigenvalue weighted by molar-refractivity contribution is 0.617. The van der Waals surface area contributed by atoms with Gasteiger partial charge in [0.05, 0.1) is 11.9 Å². The van der Waals surface area contributed by atoms with Gasteiger partial charge in [-0.2, -0.15) is 0 Å². The molecule has 2 heterocycles. The molecule has 0 spiro atoms. The Bertz CT molecular complexity index is 603. The molecule has 1 aliphatic rings. The molecule has 19 heavy (non-hydrogen) atoms. The van der Waals surface area contributed by atoms with Crippen molar-refractivity contribution in [1.82, 2.24) is 4.98 Å². The molecule has 0 aliphatic carbocycles. The summed E-state index contributed by atoms with van der Waals surface area (Å²) in [5.74, 6) is 0.733. The maximum atomic E-state index is 13.2. The molecule has 0 fully saturated rings. The van der Waals surface area contributed by atoms with Gasteiger partial charge in [-0.1, -0.05) is 0 Å². The van der Waals surface area contributed by atoms with Crippen LogP contribution in [0.5, 0.6) is 0 Å². The lowest BCUT2D eigenvalue weighted by Crippen LogP contribution is -2.28. The molecule has 0 unspecified atom stereocenters. The molecule has 1 aromatic heterocycles. The van der Waals surface area contributed by atoms with Gasteiger partial charge >= 0.3 is 0 Å². The molecule has 0 amide bonds. The van der Waals surface area contributed by atoms with Crippen LogP contribution in [0, 0.1) is 5.82 Å². The first kappa shape index (κ1) is 12.3. The van der Waals surface area contributed by atoms with Gasteiger partial charge in [-0.25, -0.2) is 4.39 Å². The van der Waals surface area contributed by atoms with E-state index in [9.17, 15) is 4.39 Å². The second kappa shape index (κ2) is 5.09. The average molecular weight is 275 g/mol. The van der Waals surface area contributed by atoms with Gasteiger partial charge in [0.1, 0.15) is 5.82 Å². The van der Waals surface area contributed by atoms with Crippen LogP contribution in [-0.2, 0) is 6.54 Å². The van der Waals surface area contributed by atoms with Gasteiger partial charge in [-0.3, -0.25) is 4.98 Å². The van der Waals surface area contributed by atoms with Crippen LogP contribution in [0.2, 0.25) is 0 Å². The van der Waals surface area contributed by atoms with Crippen molar-refractivity contribution in [2.75, 3.05) is 22.9 Å². The van der Waals surface area contributed by atoms with Crippen LogP contribution in [0.15, 0.2) is 41.6 Å². The maximum Gasteiger partial charge on any atom is 0.141 e. The van der Waals surface area contributed by atoms with Crippen LogP contribution in [0.25, 0.3) is 0 Å². The molecule has 0 bridgehead atoms. The predicted octanol–water partition coefficient (Wildman–Crippen LogP) is 2.92. The quantitative estimate of drug-likeness (QED) is 0.856. The highest BCUT2D eigenvalue weighted by atomic mass is 32.2. The summed E-state index contributed by atoms with van der Waals surface area (Å²) in [4.78, 5) is 7.34. The molecule has 3 nitrogen and oxygen atoms in total. The largest absolute Gasteiger partial charge is 0.399 e. The Morgan fingerprint density at radius 3 is 3.05 bits per heavy atom. The molecule has 98 valence electrons. The maximum absolute atomic E-state index is 13.2. The van der Waals surface area contributed by atoms with E-state index in [1.54, 1.807) is 6.20 Å². The summed E-state index contributed by atoms with van der Waals surface area (Å²) >= 11 is 1.83. The molecule has 1 aliphatic heterocycles. The third-order valence-electron chi connectivity index (χ3n) is 3.08. The Labute approximate surface area is 115 Å². The number of nitrogens with zero attached hydrogens (tertiary/aromatic N) is 2. The first-order chi connectivity index (χ1) is 9.22. The molecular formula is C14H14FN3S. The number of halogens is 1. The van der Waals surface area contributed by atoms with Crippen molar-refractivity contribution < 1.29 is 4.39 Å². The average Bonchev–Trinajstić information content (AvgIpc) is 2.39. The Morgan fingerprint density at radius 2 is 2.21 bits per heavy atom. The molecule has 0 radical (unpaired) electrons. The normalized spacial score (nSPS) is 14.3. The van der Waals surface area contributed by atoms with Crippen LogP contribution in [0.1, 0.15) is 5.56 Å². The second-order valence-electron chi connectivity index (χ2n) is 4.51. The van der Waals surface area contributed by atoms with E-state index in [1.165, 1.54) is 17.2 Å². The van der Waals surface area contributed by atoms with Crippen LogP contribution < -0.4 is 10.6 Å². The number of rotatable bonds is 2. The van der Waals surface area contributed by atoms with E-state index in [0.717, 1.165) is 29.2 Å². The molecule has 2 N–H and O–H groups in total. The van der Waals surface area contributed by atoms with E-state index in [-0.39, 0.29) is 5.82 Å². The number of pyridine rings is 1. The summed E-state index contributed by atoms with van der Waals surface area (Å²) in [6.07, 6.45) is 2.93. The zero-order valence-corrected chi connectivity index (χ0v) is 11.2. The minimum absolute atomic E-state index is 0.295. The van der Waals surface area contributed by atoms with Gasteiger partial charge in [0.25, 0.3) is 0 Å². The number of aromatic nitrogens is 1. The van der Waals surface area contributed by atoms with Crippen molar-refractivity contribution in [1.29, 1.82) is 0 Å². The fourth-order valence-electron chi connectivity index (χ4n) is 2.22. The lowest BCUT2D eigenvalue weighted by atomic mass is 10.2. The van der Waals surface area contributed by atoms with Crippen molar-refractivity contribution >= 4 is 23.1 Å². The van der Waals surface area contributed by atoms with E-state index in [2.05, 4.69) is 9.88 Å². The van der Waals surface area contributed by atoms with E-state index in [4.69, 9.17) is 5.73 Å². The van der Waals surface area contributed by atoms with E-state index in [0.29, 0.717) is 6.54 Å². The fourth-order valence-corrected chi connectivity index (χ4v) is 3.25. The number of hydrogen-bond donors (Lipinski definition) is 1. The lowest BCUT2D eigenvalue weighted by Gasteiger charge is -2.31. The molecule has 1 aromatic carbocycles. The third kappa shape index (κ3) is 2.66. The van der Waals surface area contributed by atoms with Crippen molar-refractivity contribution in [2.24, 2.45) is 0 Å². The molecule has 0 saturated carbocycles. The van der Waals surface area contributed by atoms with Gasteiger partial charge in [-0.05, 0) is 29.8 Å². The van der Waals surface area contributed by atoms with Crippen LogP contribution >= 0.6 is 11.8 Å². The highest BCUT2D eigenvalue weighted by Crippen LogP contribution is 2.36. The number of benzene rings is 1. The summed E-state index contributed by atoms with van der Waals surface area (Å²) < 4.78 is 13.2. The van der Waals surface area contributed by atoms with E-state index in [1.807, 2.05) is 30.0 Å². The first-order valence-electron chi connectivity index (χ1n) is 6.09. The molecule has 0 atom stereocenters. The molecule has 2 aromatic rings. The number of nitrogen functional groups attached to an aromatic ring is 1. The summed E-state index contributed by atoms with van der Waals surface area (Å²) in [5, 5.41) is 0. The van der Waals surface area contributed by atoms with E-state index < -0.39 is 0 Å². The summed E-state index contributed by atoms with van der Waals surface area (Å²) in [6, 6.07) is 7.47. The Balaban J connectivity index is 1.89. The third-order valence-corrected chi connectivity index (χ3v) is 4.12. The molecule has 3 rings (SSSR count). The smallest absolute Gasteiger partial charge is 0.141 e. The van der Waals surface area contributed by atoms with Gasteiger partial charge in [0, 0.05) is 35.6 Å². The number of fused-ring (bicyclic) bond motifs is 1. The SMILES string of the molecule is Nc1ccc2c(c1)N(Cc1cncc(F)c1)CCS2. The summed E-state index contributed by atoms with van der Waals surface area (Å²) in [7, 11) is 0. The highest BCUT2D eigenvalue weighted by Gasteiger charge is 2.17. The monoisotopic (exact) mass is 275 g/mol. The molecule has 5 heteroatoms. The molecule has 0 saturated heterocycles. The zero-order valence-electron chi connectivity index (χ0n) is 10.3. The minimum atomic E-state index is -0.295. The number of thioether (sulfide) groups is 1. The Hall–Kier alpha value is -1.75. The number of hydrogen-bond acceptors (Lipinski definition) is 4. The summed E-state index contributed by atoms with van der Waals surface area (Å²) in [5.41, 5.74) is 8.61. The summed E-state index contributed by atoms with van der Waals surface area (Å²) in [6.45, 7) is 1.58.